The van der Waals surface area contributed by atoms with E-state index in [4.69, 9.17) is 4.99 Å². The first-order chi connectivity index (χ1) is 13.7. The highest BCUT2D eigenvalue weighted by Gasteiger charge is 2.23. The lowest BCUT2D eigenvalue weighted by molar-refractivity contribution is 0.158. The normalized spacial score (nSPS) is 17.3. The van der Waals surface area contributed by atoms with Gasteiger partial charge in [-0.05, 0) is 49.9 Å². The van der Waals surface area contributed by atoms with Crippen LogP contribution in [0.25, 0.3) is 0 Å². The van der Waals surface area contributed by atoms with Crippen LogP contribution in [-0.4, -0.2) is 41.6 Å². The van der Waals surface area contributed by atoms with Crippen LogP contribution in [0.1, 0.15) is 43.9 Å². The summed E-state index contributed by atoms with van der Waals surface area (Å²) >= 11 is 0. The van der Waals surface area contributed by atoms with Crippen molar-refractivity contribution in [2.45, 2.75) is 45.3 Å². The third-order valence-electron chi connectivity index (χ3n) is 5.40. The number of aromatic hydroxyl groups is 1. The van der Waals surface area contributed by atoms with E-state index in [-0.39, 0.29) is 5.75 Å². The molecule has 0 radical (unpaired) electrons. The Labute approximate surface area is 168 Å². The third-order valence-corrected chi connectivity index (χ3v) is 5.40. The molecule has 0 amide bonds. The fourth-order valence-electron chi connectivity index (χ4n) is 3.66. The molecule has 0 aliphatic carbocycles. The number of nitrogens with one attached hydrogen (secondary N) is 2. The van der Waals surface area contributed by atoms with Crippen LogP contribution in [0.4, 0.5) is 0 Å². The minimum Gasteiger partial charge on any atom is -0.508 e. The standard InChI is InChI=1S/C23H32N4O/c1-3-24-23(25-17-19-9-11-22(28)12-10-19)26-21-13-15-27(16-14-21)18(2)20-7-5-4-6-8-20/h4-12,18,21,28H,3,13-17H2,1-2H3,(H2,24,25,26). The number of guanidine groups is 1. The average molecular weight is 381 g/mol. The molecule has 0 aromatic heterocycles. The maximum atomic E-state index is 9.40. The molecule has 1 unspecified atom stereocenters. The van der Waals surface area contributed by atoms with Gasteiger partial charge in [-0.2, -0.15) is 0 Å². The summed E-state index contributed by atoms with van der Waals surface area (Å²) in [7, 11) is 0. The Morgan fingerprint density at radius 2 is 1.79 bits per heavy atom. The van der Waals surface area contributed by atoms with Crippen LogP contribution < -0.4 is 10.6 Å². The molecule has 1 saturated heterocycles. The van der Waals surface area contributed by atoms with Crippen LogP contribution in [0.3, 0.4) is 0 Å². The molecule has 1 heterocycles. The van der Waals surface area contributed by atoms with Gasteiger partial charge in [0.1, 0.15) is 5.75 Å². The van der Waals surface area contributed by atoms with Crippen LogP contribution >= 0.6 is 0 Å². The molecular formula is C23H32N4O. The maximum Gasteiger partial charge on any atom is 0.191 e. The summed E-state index contributed by atoms with van der Waals surface area (Å²) in [6, 6.07) is 18.9. The second-order valence-electron chi connectivity index (χ2n) is 7.40. The van der Waals surface area contributed by atoms with Crippen molar-refractivity contribution >= 4 is 5.96 Å². The third kappa shape index (κ3) is 5.73. The topological polar surface area (TPSA) is 59.9 Å². The number of phenolic OH excluding ortho intramolecular Hbond substituents is 1. The highest BCUT2D eigenvalue weighted by molar-refractivity contribution is 5.80. The summed E-state index contributed by atoms with van der Waals surface area (Å²) in [6.45, 7) is 8.00. The van der Waals surface area contributed by atoms with Gasteiger partial charge >= 0.3 is 0 Å². The SMILES string of the molecule is CCNC(=NCc1ccc(O)cc1)NC1CCN(C(C)c2ccccc2)CC1. The molecule has 0 saturated carbocycles. The fraction of sp³-hybridized carbons (Fsp3) is 0.435. The smallest absolute Gasteiger partial charge is 0.191 e. The van der Waals surface area contributed by atoms with Gasteiger partial charge in [-0.15, -0.1) is 0 Å². The van der Waals surface area contributed by atoms with Crippen molar-refractivity contribution < 1.29 is 5.11 Å². The number of aliphatic imine (C=N–C) groups is 1. The Morgan fingerprint density at radius 3 is 2.43 bits per heavy atom. The monoisotopic (exact) mass is 380 g/mol. The van der Waals surface area contributed by atoms with Gasteiger partial charge < -0.3 is 15.7 Å². The van der Waals surface area contributed by atoms with E-state index in [0.717, 1.165) is 44.0 Å². The van der Waals surface area contributed by atoms with Gasteiger partial charge in [0.05, 0.1) is 6.54 Å². The molecule has 3 N–H and O–H groups in total. The predicted molar refractivity (Wildman–Crippen MR) is 116 cm³/mol. The van der Waals surface area contributed by atoms with Crippen LogP contribution in [-0.2, 0) is 6.54 Å². The van der Waals surface area contributed by atoms with Crippen molar-refractivity contribution in [3.8, 4) is 5.75 Å². The van der Waals surface area contributed by atoms with Gasteiger partial charge in [0.25, 0.3) is 0 Å². The summed E-state index contributed by atoms with van der Waals surface area (Å²) in [5.41, 5.74) is 2.47. The molecule has 2 aromatic rings. The first-order valence-electron chi connectivity index (χ1n) is 10.3. The van der Waals surface area contributed by atoms with Crippen molar-refractivity contribution in [3.63, 3.8) is 0 Å². The number of nitrogens with zero attached hydrogens (tertiary/aromatic N) is 2. The molecule has 2 aromatic carbocycles. The van der Waals surface area contributed by atoms with Crippen LogP contribution in [0.5, 0.6) is 5.75 Å². The molecule has 0 spiro atoms. The lowest BCUT2D eigenvalue weighted by Crippen LogP contribution is -2.49. The van der Waals surface area contributed by atoms with E-state index in [1.165, 1.54) is 5.56 Å². The van der Waals surface area contributed by atoms with Gasteiger partial charge in [0.2, 0.25) is 0 Å². The second-order valence-corrected chi connectivity index (χ2v) is 7.40. The van der Waals surface area contributed by atoms with Gasteiger partial charge in [0.15, 0.2) is 5.96 Å². The first kappa shape index (κ1) is 20.2. The van der Waals surface area contributed by atoms with Crippen molar-refractivity contribution in [3.05, 3.63) is 65.7 Å². The summed E-state index contributed by atoms with van der Waals surface area (Å²) < 4.78 is 0. The number of rotatable bonds is 6. The summed E-state index contributed by atoms with van der Waals surface area (Å²) in [6.07, 6.45) is 2.22. The van der Waals surface area contributed by atoms with Crippen LogP contribution in [0.2, 0.25) is 0 Å². The number of benzene rings is 2. The number of likely N-dealkylation sites (tertiary alicyclic amines) is 1. The summed E-state index contributed by atoms with van der Waals surface area (Å²) in [4.78, 5) is 7.27. The number of piperidine rings is 1. The Bertz CT molecular complexity index is 737. The van der Waals surface area contributed by atoms with E-state index in [0.29, 0.717) is 18.6 Å². The van der Waals surface area contributed by atoms with Gasteiger partial charge in [-0.25, -0.2) is 4.99 Å². The van der Waals surface area contributed by atoms with E-state index in [1.807, 2.05) is 12.1 Å². The van der Waals surface area contributed by atoms with Crippen molar-refractivity contribution in [1.82, 2.24) is 15.5 Å². The first-order valence-corrected chi connectivity index (χ1v) is 10.3. The molecule has 1 aliphatic rings. The second kappa shape index (κ2) is 10.1. The number of hydrogen-bond donors (Lipinski definition) is 3. The Balaban J connectivity index is 1.52. The van der Waals surface area contributed by atoms with Crippen molar-refractivity contribution in [1.29, 1.82) is 0 Å². The molecule has 1 atom stereocenters. The van der Waals surface area contributed by atoms with Gasteiger partial charge in [0, 0.05) is 31.7 Å². The lowest BCUT2D eigenvalue weighted by Gasteiger charge is -2.37. The molecule has 1 fully saturated rings. The van der Waals surface area contributed by atoms with Crippen LogP contribution in [0, 0.1) is 0 Å². The molecule has 5 heteroatoms. The highest BCUT2D eigenvalue weighted by atomic mass is 16.3. The molecule has 5 nitrogen and oxygen atoms in total. The molecule has 28 heavy (non-hydrogen) atoms. The highest BCUT2D eigenvalue weighted by Crippen LogP contribution is 2.24. The minimum atomic E-state index is 0.286. The minimum absolute atomic E-state index is 0.286. The average Bonchev–Trinajstić information content (AvgIpc) is 2.74. The largest absolute Gasteiger partial charge is 0.508 e. The Morgan fingerprint density at radius 1 is 1.11 bits per heavy atom. The van der Waals surface area contributed by atoms with E-state index in [2.05, 4.69) is 59.7 Å². The quantitative estimate of drug-likeness (QED) is 0.529. The molecule has 1 aliphatic heterocycles. The lowest BCUT2D eigenvalue weighted by atomic mass is 10.0. The summed E-state index contributed by atoms with van der Waals surface area (Å²) in [5, 5.41) is 16.4. The van der Waals surface area contributed by atoms with E-state index >= 15 is 0 Å². The zero-order valence-electron chi connectivity index (χ0n) is 16.9. The maximum absolute atomic E-state index is 9.40. The van der Waals surface area contributed by atoms with E-state index in [1.54, 1.807) is 12.1 Å². The van der Waals surface area contributed by atoms with E-state index in [9.17, 15) is 5.11 Å². The zero-order chi connectivity index (χ0) is 19.8. The molecule has 3 rings (SSSR count). The summed E-state index contributed by atoms with van der Waals surface area (Å²) in [5.74, 6) is 1.15. The number of hydrogen-bond acceptors (Lipinski definition) is 3. The number of phenols is 1. The molecule has 150 valence electrons. The predicted octanol–water partition coefficient (Wildman–Crippen LogP) is 3.67. The van der Waals surface area contributed by atoms with Gasteiger partial charge in [-0.3, -0.25) is 4.90 Å². The van der Waals surface area contributed by atoms with Crippen molar-refractivity contribution in [2.75, 3.05) is 19.6 Å². The molecule has 0 bridgehead atoms. The fourth-order valence-corrected chi connectivity index (χ4v) is 3.66. The Kier molecular flexibility index (Phi) is 7.31. The zero-order valence-corrected chi connectivity index (χ0v) is 16.9. The van der Waals surface area contributed by atoms with Gasteiger partial charge in [-0.1, -0.05) is 42.5 Å². The van der Waals surface area contributed by atoms with Crippen LogP contribution in [0.15, 0.2) is 59.6 Å². The molecular weight excluding hydrogens is 348 g/mol. The van der Waals surface area contributed by atoms with E-state index < -0.39 is 0 Å². The van der Waals surface area contributed by atoms with Crippen molar-refractivity contribution in [2.24, 2.45) is 4.99 Å². The Hall–Kier alpha value is -2.53.